The predicted molar refractivity (Wildman–Crippen MR) is 52.0 cm³/mol. The summed E-state index contributed by atoms with van der Waals surface area (Å²) in [6, 6.07) is 1.55. The van der Waals surface area contributed by atoms with E-state index in [0.29, 0.717) is 12.8 Å². The highest BCUT2D eigenvalue weighted by Crippen LogP contribution is 2.34. The normalized spacial score (nSPS) is 12.2. The molecule has 2 heterocycles. The first-order valence-electron chi connectivity index (χ1n) is 4.93. The van der Waals surface area contributed by atoms with Gasteiger partial charge in [-0.1, -0.05) is 13.3 Å². The standard InChI is InChI=1S/C10H10F3N3/c1-2-4-7-8(10(11,12)13)9-14-5-3-6-16(9)15-7/h3,5-6H,2,4H2,1H3. The minimum Gasteiger partial charge on any atom is -0.236 e. The van der Waals surface area contributed by atoms with Crippen LogP contribution in [-0.2, 0) is 12.6 Å². The van der Waals surface area contributed by atoms with E-state index in [1.54, 1.807) is 6.07 Å². The number of halogens is 3. The van der Waals surface area contributed by atoms with Crippen molar-refractivity contribution >= 4 is 5.65 Å². The average molecular weight is 229 g/mol. The van der Waals surface area contributed by atoms with Crippen molar-refractivity contribution in [3.8, 4) is 0 Å². The van der Waals surface area contributed by atoms with Gasteiger partial charge < -0.3 is 0 Å². The molecule has 0 aromatic carbocycles. The lowest BCUT2D eigenvalue weighted by Gasteiger charge is -2.05. The third-order valence-electron chi connectivity index (χ3n) is 2.24. The Kier molecular flexibility index (Phi) is 2.57. The highest BCUT2D eigenvalue weighted by Gasteiger charge is 2.38. The third kappa shape index (κ3) is 1.75. The Hall–Kier alpha value is -1.59. The summed E-state index contributed by atoms with van der Waals surface area (Å²) in [4.78, 5) is 3.73. The number of rotatable bonds is 2. The van der Waals surface area contributed by atoms with Gasteiger partial charge >= 0.3 is 6.18 Å². The molecule has 16 heavy (non-hydrogen) atoms. The van der Waals surface area contributed by atoms with Gasteiger partial charge in [0.2, 0.25) is 0 Å². The molecule has 2 rings (SSSR count). The Morgan fingerprint density at radius 3 is 2.75 bits per heavy atom. The molecule has 6 heteroatoms. The average Bonchev–Trinajstić information content (AvgIpc) is 2.55. The summed E-state index contributed by atoms with van der Waals surface area (Å²) < 4.78 is 39.7. The highest BCUT2D eigenvalue weighted by molar-refractivity contribution is 5.51. The number of alkyl halides is 3. The molecule has 2 aromatic rings. The molecule has 3 nitrogen and oxygen atoms in total. The van der Waals surface area contributed by atoms with Gasteiger partial charge in [-0.15, -0.1) is 0 Å². The van der Waals surface area contributed by atoms with Crippen LogP contribution in [0.15, 0.2) is 18.5 Å². The molecule has 0 saturated carbocycles. The number of hydrogen-bond acceptors (Lipinski definition) is 2. The van der Waals surface area contributed by atoms with Gasteiger partial charge in [-0.25, -0.2) is 9.50 Å². The zero-order chi connectivity index (χ0) is 11.8. The van der Waals surface area contributed by atoms with Gasteiger partial charge in [0, 0.05) is 12.4 Å². The van der Waals surface area contributed by atoms with Crippen molar-refractivity contribution in [2.24, 2.45) is 0 Å². The molecule has 0 amide bonds. The Morgan fingerprint density at radius 1 is 1.38 bits per heavy atom. The van der Waals surface area contributed by atoms with Gasteiger partial charge in [-0.3, -0.25) is 0 Å². The van der Waals surface area contributed by atoms with Crippen LogP contribution in [0.5, 0.6) is 0 Å². The summed E-state index contributed by atoms with van der Waals surface area (Å²) in [5.74, 6) is 0. The predicted octanol–water partition coefficient (Wildman–Crippen LogP) is 2.70. The highest BCUT2D eigenvalue weighted by atomic mass is 19.4. The summed E-state index contributed by atoms with van der Waals surface area (Å²) >= 11 is 0. The van der Waals surface area contributed by atoms with Gasteiger partial charge in [0.05, 0.1) is 5.69 Å². The Morgan fingerprint density at radius 2 is 2.12 bits per heavy atom. The quantitative estimate of drug-likeness (QED) is 0.792. The Labute approximate surface area is 89.9 Å². The van der Waals surface area contributed by atoms with Crippen molar-refractivity contribution in [2.75, 3.05) is 0 Å². The molecule has 2 aromatic heterocycles. The SMILES string of the molecule is CCCc1nn2cccnc2c1C(F)(F)F. The molecule has 0 fully saturated rings. The maximum Gasteiger partial charge on any atom is 0.421 e. The van der Waals surface area contributed by atoms with Crippen LogP contribution in [0.2, 0.25) is 0 Å². The van der Waals surface area contributed by atoms with Gasteiger partial charge in [0.25, 0.3) is 0 Å². The molecule has 0 N–H and O–H groups in total. The third-order valence-corrected chi connectivity index (χ3v) is 2.24. The molecule has 86 valence electrons. The van der Waals surface area contributed by atoms with E-state index < -0.39 is 11.7 Å². The summed E-state index contributed by atoms with van der Waals surface area (Å²) in [7, 11) is 0. The van der Waals surface area contributed by atoms with E-state index in [4.69, 9.17) is 0 Å². The van der Waals surface area contributed by atoms with Crippen LogP contribution in [0.3, 0.4) is 0 Å². The number of hydrogen-bond donors (Lipinski definition) is 0. The molecule has 0 spiro atoms. The van der Waals surface area contributed by atoms with Crippen molar-refractivity contribution in [3.63, 3.8) is 0 Å². The fraction of sp³-hybridized carbons (Fsp3) is 0.400. The molecule has 0 aliphatic heterocycles. The van der Waals surface area contributed by atoms with Crippen LogP contribution < -0.4 is 0 Å². The van der Waals surface area contributed by atoms with Crippen LogP contribution in [0.25, 0.3) is 5.65 Å². The van der Waals surface area contributed by atoms with E-state index in [1.807, 2.05) is 6.92 Å². The van der Waals surface area contributed by atoms with Crippen molar-refractivity contribution < 1.29 is 13.2 Å². The van der Waals surface area contributed by atoms with E-state index in [9.17, 15) is 13.2 Å². The van der Waals surface area contributed by atoms with E-state index in [1.165, 1.54) is 16.9 Å². The fourth-order valence-corrected chi connectivity index (χ4v) is 1.63. The number of nitrogens with zero attached hydrogens (tertiary/aromatic N) is 3. The first-order chi connectivity index (χ1) is 7.54. The second kappa shape index (κ2) is 3.77. The summed E-state index contributed by atoms with van der Waals surface area (Å²) in [5.41, 5.74) is -0.776. The first kappa shape index (κ1) is 10.9. The molecular formula is C10H10F3N3. The second-order valence-corrected chi connectivity index (χ2v) is 3.46. The van der Waals surface area contributed by atoms with Crippen LogP contribution in [0.1, 0.15) is 24.6 Å². The van der Waals surface area contributed by atoms with Crippen LogP contribution >= 0.6 is 0 Å². The summed E-state index contributed by atoms with van der Waals surface area (Å²) in [6.45, 7) is 1.82. The second-order valence-electron chi connectivity index (χ2n) is 3.46. The van der Waals surface area contributed by atoms with Crippen LogP contribution in [0, 0.1) is 0 Å². The lowest BCUT2D eigenvalue weighted by Crippen LogP contribution is -2.08. The molecule has 0 bridgehead atoms. The van der Waals surface area contributed by atoms with Gasteiger partial charge in [-0.05, 0) is 12.5 Å². The number of aryl methyl sites for hydroxylation is 1. The monoisotopic (exact) mass is 229 g/mol. The van der Waals surface area contributed by atoms with Crippen LogP contribution in [-0.4, -0.2) is 14.6 Å². The maximum absolute atomic E-state index is 12.8. The van der Waals surface area contributed by atoms with Gasteiger partial charge in [-0.2, -0.15) is 18.3 Å². The van der Waals surface area contributed by atoms with E-state index in [-0.39, 0.29) is 11.3 Å². The largest absolute Gasteiger partial charge is 0.421 e. The summed E-state index contributed by atoms with van der Waals surface area (Å²) in [5, 5.41) is 3.90. The maximum atomic E-state index is 12.8. The molecule has 0 unspecified atom stereocenters. The van der Waals surface area contributed by atoms with Crippen molar-refractivity contribution in [1.82, 2.24) is 14.6 Å². The zero-order valence-corrected chi connectivity index (χ0v) is 8.62. The van der Waals surface area contributed by atoms with Crippen molar-refractivity contribution in [3.05, 3.63) is 29.7 Å². The first-order valence-corrected chi connectivity index (χ1v) is 4.93. The smallest absolute Gasteiger partial charge is 0.236 e. The minimum atomic E-state index is -4.40. The molecule has 0 atom stereocenters. The van der Waals surface area contributed by atoms with Crippen molar-refractivity contribution in [1.29, 1.82) is 0 Å². The van der Waals surface area contributed by atoms with Gasteiger partial charge in [0.15, 0.2) is 5.65 Å². The molecule has 0 saturated heterocycles. The van der Waals surface area contributed by atoms with Gasteiger partial charge in [0.1, 0.15) is 5.56 Å². The molecule has 0 radical (unpaired) electrons. The van der Waals surface area contributed by atoms with Crippen molar-refractivity contribution in [2.45, 2.75) is 25.9 Å². The lowest BCUT2D eigenvalue weighted by molar-refractivity contribution is -0.137. The zero-order valence-electron chi connectivity index (χ0n) is 8.62. The minimum absolute atomic E-state index is 0.0636. The topological polar surface area (TPSA) is 30.2 Å². The molecular weight excluding hydrogens is 219 g/mol. The molecule has 0 aliphatic carbocycles. The Bertz CT molecular complexity index is 501. The number of aromatic nitrogens is 3. The number of fused-ring (bicyclic) bond motifs is 1. The van der Waals surface area contributed by atoms with E-state index in [2.05, 4.69) is 10.1 Å². The Balaban J connectivity index is 2.69. The van der Waals surface area contributed by atoms with E-state index in [0.717, 1.165) is 0 Å². The van der Waals surface area contributed by atoms with E-state index >= 15 is 0 Å². The lowest BCUT2D eigenvalue weighted by atomic mass is 10.1. The van der Waals surface area contributed by atoms with Crippen LogP contribution in [0.4, 0.5) is 13.2 Å². The molecule has 0 aliphatic rings. The fourth-order valence-electron chi connectivity index (χ4n) is 1.63. The summed E-state index contributed by atoms with van der Waals surface area (Å²) in [6.07, 6.45) is -0.676.